The van der Waals surface area contributed by atoms with Crippen LogP contribution in [0.4, 0.5) is 0 Å². The monoisotopic (exact) mass is 488 g/mol. The Morgan fingerprint density at radius 2 is 1.85 bits per heavy atom. The van der Waals surface area contributed by atoms with E-state index in [-0.39, 0.29) is 35.3 Å². The molecule has 0 heterocycles. The fourth-order valence-corrected chi connectivity index (χ4v) is 3.47. The lowest BCUT2D eigenvalue weighted by Gasteiger charge is -2.31. The van der Waals surface area contributed by atoms with E-state index in [1.54, 1.807) is 11.9 Å². The van der Waals surface area contributed by atoms with Gasteiger partial charge < -0.3 is 20.3 Å². The van der Waals surface area contributed by atoms with Crippen molar-refractivity contribution >= 4 is 35.8 Å². The van der Waals surface area contributed by atoms with Crippen molar-refractivity contribution in [3.63, 3.8) is 0 Å². The maximum Gasteiger partial charge on any atom is 0.230 e. The zero-order valence-electron chi connectivity index (χ0n) is 16.7. The van der Waals surface area contributed by atoms with Crippen LogP contribution in [-0.4, -0.2) is 57.6 Å². The lowest BCUT2D eigenvalue weighted by Crippen LogP contribution is -2.49. The number of carbonyl (C=O) groups is 1. The molecule has 1 aromatic carbocycles. The molecule has 27 heavy (non-hydrogen) atoms. The van der Waals surface area contributed by atoms with Gasteiger partial charge in [0.2, 0.25) is 5.91 Å². The first kappa shape index (κ1) is 23.7. The van der Waals surface area contributed by atoms with Crippen LogP contribution in [0.25, 0.3) is 0 Å². The topological polar surface area (TPSA) is 66.0 Å². The lowest BCUT2D eigenvalue weighted by molar-refractivity contribution is -0.138. The molecule has 0 bridgehead atoms. The van der Waals surface area contributed by atoms with Gasteiger partial charge in [0, 0.05) is 34.2 Å². The molecule has 0 unspecified atom stereocenters. The number of halogens is 1. The second-order valence-electron chi connectivity index (χ2n) is 7.08. The minimum atomic E-state index is -0.301. The van der Waals surface area contributed by atoms with E-state index < -0.39 is 0 Å². The number of hydrogen-bond donors (Lipinski definition) is 2. The molecule has 2 N–H and O–H groups in total. The van der Waals surface area contributed by atoms with Gasteiger partial charge in [-0.25, -0.2) is 0 Å². The SMILES string of the molecule is CN=C(NCCOCc1ccccc1)NCC1(C(=O)N(C)C)CCCC1.I. The summed E-state index contributed by atoms with van der Waals surface area (Å²) in [4.78, 5) is 18.6. The number of benzene rings is 1. The molecule has 0 saturated heterocycles. The summed E-state index contributed by atoms with van der Waals surface area (Å²) in [5, 5.41) is 6.59. The summed E-state index contributed by atoms with van der Waals surface area (Å²) in [6.07, 6.45) is 4.10. The van der Waals surface area contributed by atoms with Crippen LogP contribution < -0.4 is 10.6 Å². The predicted molar refractivity (Wildman–Crippen MR) is 120 cm³/mol. The number of aliphatic imine (C=N–C) groups is 1. The normalized spacial score (nSPS) is 15.7. The standard InChI is InChI=1S/C20H32N4O2.HI/c1-21-19(22-13-14-26-15-17-9-5-4-6-10-17)23-16-20(11-7-8-12-20)18(25)24(2)3;/h4-6,9-10H,7-8,11-16H2,1-3H3,(H2,21,22,23);1H. The first-order chi connectivity index (χ1) is 12.6. The van der Waals surface area contributed by atoms with Gasteiger partial charge in [0.05, 0.1) is 18.6 Å². The number of nitrogens with one attached hydrogen (secondary N) is 2. The van der Waals surface area contributed by atoms with Crippen LogP contribution in [0.2, 0.25) is 0 Å². The van der Waals surface area contributed by atoms with Gasteiger partial charge in [0.1, 0.15) is 0 Å². The fourth-order valence-electron chi connectivity index (χ4n) is 3.47. The summed E-state index contributed by atoms with van der Waals surface area (Å²) in [6, 6.07) is 10.1. The molecule has 0 aliphatic heterocycles. The van der Waals surface area contributed by atoms with Crippen LogP contribution in [0.5, 0.6) is 0 Å². The first-order valence-corrected chi connectivity index (χ1v) is 9.35. The van der Waals surface area contributed by atoms with Gasteiger partial charge in [-0.2, -0.15) is 0 Å². The molecule has 1 fully saturated rings. The average molecular weight is 488 g/mol. The van der Waals surface area contributed by atoms with E-state index in [4.69, 9.17) is 4.74 Å². The van der Waals surface area contributed by atoms with Crippen LogP contribution in [0.1, 0.15) is 31.2 Å². The molecule has 1 aliphatic rings. The minimum Gasteiger partial charge on any atom is -0.375 e. The van der Waals surface area contributed by atoms with Crippen LogP contribution in [0.3, 0.4) is 0 Å². The van der Waals surface area contributed by atoms with Crippen molar-refractivity contribution in [2.24, 2.45) is 10.4 Å². The highest BCUT2D eigenvalue weighted by atomic mass is 127. The lowest BCUT2D eigenvalue weighted by atomic mass is 9.84. The number of nitrogens with zero attached hydrogens (tertiary/aromatic N) is 2. The summed E-state index contributed by atoms with van der Waals surface area (Å²) < 4.78 is 5.68. The van der Waals surface area contributed by atoms with Gasteiger partial charge in [-0.3, -0.25) is 9.79 Å². The Balaban J connectivity index is 0.00000364. The van der Waals surface area contributed by atoms with Crippen LogP contribution in [-0.2, 0) is 16.1 Å². The fraction of sp³-hybridized carbons (Fsp3) is 0.600. The molecule has 1 aromatic rings. The average Bonchev–Trinajstić information content (AvgIpc) is 3.14. The van der Waals surface area contributed by atoms with E-state index in [9.17, 15) is 4.79 Å². The Kier molecular flexibility index (Phi) is 10.7. The van der Waals surface area contributed by atoms with Gasteiger partial charge in [-0.15, -0.1) is 24.0 Å². The Morgan fingerprint density at radius 3 is 2.44 bits per heavy atom. The van der Waals surface area contributed by atoms with E-state index in [1.807, 2.05) is 32.3 Å². The number of ether oxygens (including phenoxy) is 1. The van der Waals surface area contributed by atoms with Crippen molar-refractivity contribution in [1.29, 1.82) is 0 Å². The highest BCUT2D eigenvalue weighted by Gasteiger charge is 2.42. The molecule has 0 radical (unpaired) electrons. The predicted octanol–water partition coefficient (Wildman–Crippen LogP) is 2.63. The summed E-state index contributed by atoms with van der Waals surface area (Å²) in [5.41, 5.74) is 0.866. The molecule has 0 atom stereocenters. The maximum absolute atomic E-state index is 12.6. The summed E-state index contributed by atoms with van der Waals surface area (Å²) >= 11 is 0. The molecule has 0 spiro atoms. The molecule has 2 rings (SSSR count). The van der Waals surface area contributed by atoms with Gasteiger partial charge in [0.15, 0.2) is 5.96 Å². The number of amides is 1. The van der Waals surface area contributed by atoms with Crippen molar-refractivity contribution in [3.8, 4) is 0 Å². The van der Waals surface area contributed by atoms with Gasteiger partial charge in [-0.05, 0) is 18.4 Å². The minimum absolute atomic E-state index is 0. The second kappa shape index (κ2) is 12.2. The summed E-state index contributed by atoms with van der Waals surface area (Å²) in [7, 11) is 5.41. The maximum atomic E-state index is 12.6. The molecule has 1 saturated carbocycles. The van der Waals surface area contributed by atoms with Crippen molar-refractivity contribution in [2.45, 2.75) is 32.3 Å². The van der Waals surface area contributed by atoms with Crippen LogP contribution in [0, 0.1) is 5.41 Å². The van der Waals surface area contributed by atoms with Crippen molar-refractivity contribution in [3.05, 3.63) is 35.9 Å². The number of rotatable bonds is 8. The largest absolute Gasteiger partial charge is 0.375 e. The van der Waals surface area contributed by atoms with Gasteiger partial charge in [0.25, 0.3) is 0 Å². The quantitative estimate of drug-likeness (QED) is 0.256. The molecular formula is C20H33IN4O2. The molecule has 152 valence electrons. The van der Waals surface area contributed by atoms with Crippen molar-refractivity contribution < 1.29 is 9.53 Å². The highest BCUT2D eigenvalue weighted by Crippen LogP contribution is 2.38. The molecular weight excluding hydrogens is 455 g/mol. The molecule has 6 nitrogen and oxygen atoms in total. The molecule has 7 heteroatoms. The summed E-state index contributed by atoms with van der Waals surface area (Å²) in [6.45, 7) is 2.49. The molecule has 1 aliphatic carbocycles. The Labute approximate surface area is 180 Å². The van der Waals surface area contributed by atoms with Crippen molar-refractivity contribution in [2.75, 3.05) is 40.8 Å². The number of guanidine groups is 1. The van der Waals surface area contributed by atoms with E-state index in [2.05, 4.69) is 27.8 Å². The summed E-state index contributed by atoms with van der Waals surface area (Å²) in [5.74, 6) is 0.926. The molecule has 0 aromatic heterocycles. The van der Waals surface area contributed by atoms with E-state index in [0.717, 1.165) is 25.7 Å². The van der Waals surface area contributed by atoms with Crippen molar-refractivity contribution in [1.82, 2.24) is 15.5 Å². The Morgan fingerprint density at radius 1 is 1.19 bits per heavy atom. The number of hydrogen-bond acceptors (Lipinski definition) is 3. The third-order valence-electron chi connectivity index (χ3n) is 4.89. The van der Waals surface area contributed by atoms with Gasteiger partial charge >= 0.3 is 0 Å². The van der Waals surface area contributed by atoms with Crippen LogP contribution in [0.15, 0.2) is 35.3 Å². The van der Waals surface area contributed by atoms with E-state index in [1.165, 1.54) is 5.56 Å². The number of carbonyl (C=O) groups excluding carboxylic acids is 1. The zero-order chi connectivity index (χ0) is 18.8. The third kappa shape index (κ3) is 7.29. The zero-order valence-corrected chi connectivity index (χ0v) is 19.0. The first-order valence-electron chi connectivity index (χ1n) is 9.35. The van der Waals surface area contributed by atoms with E-state index >= 15 is 0 Å². The molecule has 1 amide bonds. The van der Waals surface area contributed by atoms with E-state index in [0.29, 0.717) is 32.3 Å². The Hall–Kier alpha value is -1.35. The third-order valence-corrected chi connectivity index (χ3v) is 4.89. The smallest absolute Gasteiger partial charge is 0.230 e. The highest BCUT2D eigenvalue weighted by molar-refractivity contribution is 14.0. The van der Waals surface area contributed by atoms with Crippen LogP contribution >= 0.6 is 24.0 Å². The van der Waals surface area contributed by atoms with Gasteiger partial charge in [-0.1, -0.05) is 43.2 Å². The second-order valence-corrected chi connectivity index (χ2v) is 7.08. The Bertz CT molecular complexity index is 587.